The molecule has 2 atom stereocenters. The number of hydrogen-bond donors (Lipinski definition) is 4. The number of carbonyl (C=O) groups is 2. The molecule has 134 valence electrons. The predicted molar refractivity (Wildman–Crippen MR) is 99.7 cm³/mol. The van der Waals surface area contributed by atoms with Crippen molar-refractivity contribution < 1.29 is 39.3 Å². The molecule has 0 amide bonds. The third-order valence-electron chi connectivity index (χ3n) is 1.90. The molecule has 6 N–H and O–H groups in total. The smallest absolute Gasteiger partial charge is 0.320 e. The molecule has 0 saturated heterocycles. The van der Waals surface area contributed by atoms with Gasteiger partial charge >= 0.3 is 11.9 Å². The average molecular weight is 420 g/mol. The third-order valence-corrected chi connectivity index (χ3v) is 3.19. The third kappa shape index (κ3) is 34.1. The van der Waals surface area contributed by atoms with Gasteiger partial charge < -0.3 is 21.7 Å². The number of carboxylic acids is 2. The van der Waals surface area contributed by atoms with Crippen LogP contribution in [0.3, 0.4) is 0 Å². The molecule has 0 heterocycles. The summed E-state index contributed by atoms with van der Waals surface area (Å²) >= 11 is 3.21. The Morgan fingerprint density at radius 2 is 1.09 bits per heavy atom. The van der Waals surface area contributed by atoms with Crippen LogP contribution in [0.4, 0.5) is 0 Å². The fourth-order valence-corrected chi connectivity index (χ4v) is 1.72. The van der Waals surface area contributed by atoms with E-state index in [1.54, 1.807) is 23.5 Å². The first-order valence-corrected chi connectivity index (χ1v) is 9.10. The van der Waals surface area contributed by atoms with E-state index in [1.165, 1.54) is 0 Å². The SMILES string of the molecule is C=C.C=C.CSCCC(N)C(=O)O.CSCCC(N)C(=O)O.[Zn]. The minimum atomic E-state index is -0.913. The maximum absolute atomic E-state index is 10.1. The Balaban J connectivity index is -0.0000000743. The summed E-state index contributed by atoms with van der Waals surface area (Å²) in [4.78, 5) is 20.1. The maximum Gasteiger partial charge on any atom is 0.320 e. The quantitative estimate of drug-likeness (QED) is 0.347. The summed E-state index contributed by atoms with van der Waals surface area (Å²) in [6.45, 7) is 12.0. The molecule has 0 aliphatic carbocycles. The van der Waals surface area contributed by atoms with Gasteiger partial charge in [-0.2, -0.15) is 23.5 Å². The predicted octanol–water partition coefficient (Wildman–Crippen LogP) is 1.90. The van der Waals surface area contributed by atoms with Crippen molar-refractivity contribution in [3.05, 3.63) is 26.3 Å². The number of carboxylic acid groups (broad SMARTS) is 2. The number of nitrogens with two attached hydrogens (primary N) is 2. The van der Waals surface area contributed by atoms with Gasteiger partial charge in [-0.15, -0.1) is 26.3 Å². The summed E-state index contributed by atoms with van der Waals surface area (Å²) in [6, 6.07) is -1.37. The molecule has 0 bridgehead atoms. The molecule has 0 aromatic carbocycles. The van der Waals surface area contributed by atoms with Crippen molar-refractivity contribution in [1.82, 2.24) is 0 Å². The number of rotatable bonds is 8. The fourth-order valence-electron chi connectivity index (χ4n) is 0.737. The van der Waals surface area contributed by atoms with E-state index in [1.807, 2.05) is 12.5 Å². The minimum Gasteiger partial charge on any atom is -0.480 e. The van der Waals surface area contributed by atoms with Crippen LogP contribution < -0.4 is 11.5 Å². The van der Waals surface area contributed by atoms with Crippen LogP contribution in [-0.2, 0) is 29.1 Å². The Hall–Kier alpha value is -0.337. The molecular formula is C14H30N2O4S2Zn. The second-order valence-corrected chi connectivity index (χ2v) is 5.42. The molecule has 0 rings (SSSR count). The Labute approximate surface area is 161 Å². The Bertz CT molecular complexity index is 249. The van der Waals surface area contributed by atoms with Gasteiger partial charge in [0, 0.05) is 19.5 Å². The van der Waals surface area contributed by atoms with Gasteiger partial charge in [-0.05, 0) is 36.9 Å². The van der Waals surface area contributed by atoms with Crippen LogP contribution in [0.5, 0.6) is 0 Å². The van der Waals surface area contributed by atoms with E-state index in [4.69, 9.17) is 21.7 Å². The summed E-state index contributed by atoms with van der Waals surface area (Å²) in [6.07, 6.45) is 4.95. The number of thioether (sulfide) groups is 2. The van der Waals surface area contributed by atoms with Crippen LogP contribution >= 0.6 is 23.5 Å². The summed E-state index contributed by atoms with van der Waals surface area (Å²) in [5.41, 5.74) is 10.4. The van der Waals surface area contributed by atoms with E-state index in [9.17, 15) is 9.59 Å². The standard InChI is InChI=1S/2C5H11NO2S.2C2H4.Zn/c2*1-9-3-2-4(6)5(7)8;2*1-2;/h2*4H,2-3,6H2,1H3,(H,7,8);2*1-2H2;. The molecule has 23 heavy (non-hydrogen) atoms. The molecule has 0 aromatic rings. The second-order valence-electron chi connectivity index (χ2n) is 3.45. The Morgan fingerprint density at radius 3 is 1.22 bits per heavy atom. The molecule has 0 fully saturated rings. The van der Waals surface area contributed by atoms with Crippen LogP contribution in [0.15, 0.2) is 26.3 Å². The van der Waals surface area contributed by atoms with Crippen molar-refractivity contribution in [2.45, 2.75) is 24.9 Å². The molecule has 0 aromatic heterocycles. The monoisotopic (exact) mass is 418 g/mol. The molecule has 0 saturated carbocycles. The Kier molecular flexibility index (Phi) is 43.9. The topological polar surface area (TPSA) is 127 Å². The zero-order valence-electron chi connectivity index (χ0n) is 14.2. The van der Waals surface area contributed by atoms with E-state index in [0.717, 1.165) is 11.5 Å². The molecule has 0 radical (unpaired) electrons. The van der Waals surface area contributed by atoms with Crippen LogP contribution in [-0.4, -0.2) is 58.3 Å². The largest absolute Gasteiger partial charge is 0.480 e. The zero-order chi connectivity index (χ0) is 18.6. The summed E-state index contributed by atoms with van der Waals surface area (Å²) in [5.74, 6) is -0.200. The van der Waals surface area contributed by atoms with Gasteiger partial charge in [0.25, 0.3) is 0 Å². The molecule has 9 heteroatoms. The first kappa shape index (κ1) is 34.1. The van der Waals surface area contributed by atoms with E-state index in [-0.39, 0.29) is 19.5 Å². The fraction of sp³-hybridized carbons (Fsp3) is 0.571. The van der Waals surface area contributed by atoms with E-state index >= 15 is 0 Å². The van der Waals surface area contributed by atoms with Gasteiger partial charge in [0.15, 0.2) is 0 Å². The first-order chi connectivity index (χ1) is 10.4. The summed E-state index contributed by atoms with van der Waals surface area (Å²) in [7, 11) is 0. The molecular weight excluding hydrogens is 390 g/mol. The van der Waals surface area contributed by atoms with Crippen LogP contribution in [0.1, 0.15) is 12.8 Å². The minimum absolute atomic E-state index is 0. The van der Waals surface area contributed by atoms with Crippen LogP contribution in [0.25, 0.3) is 0 Å². The first-order valence-electron chi connectivity index (χ1n) is 6.31. The Morgan fingerprint density at radius 1 is 0.870 bits per heavy atom. The van der Waals surface area contributed by atoms with Crippen molar-refractivity contribution in [2.24, 2.45) is 11.5 Å². The van der Waals surface area contributed by atoms with Gasteiger partial charge in [0.1, 0.15) is 12.1 Å². The van der Waals surface area contributed by atoms with E-state index < -0.39 is 24.0 Å². The molecule has 6 nitrogen and oxygen atoms in total. The van der Waals surface area contributed by atoms with E-state index in [2.05, 4.69) is 26.3 Å². The van der Waals surface area contributed by atoms with Crippen molar-refractivity contribution in [3.63, 3.8) is 0 Å². The zero-order valence-corrected chi connectivity index (χ0v) is 18.8. The number of hydrogen-bond acceptors (Lipinski definition) is 6. The van der Waals surface area contributed by atoms with Crippen molar-refractivity contribution in [2.75, 3.05) is 24.0 Å². The second kappa shape index (κ2) is 29.6. The van der Waals surface area contributed by atoms with Gasteiger partial charge in [-0.3, -0.25) is 9.59 Å². The van der Waals surface area contributed by atoms with Crippen molar-refractivity contribution >= 4 is 35.5 Å². The maximum atomic E-state index is 10.1. The molecule has 0 spiro atoms. The molecule has 0 aliphatic rings. The summed E-state index contributed by atoms with van der Waals surface area (Å²) in [5, 5.41) is 16.5. The van der Waals surface area contributed by atoms with Gasteiger partial charge in [0.05, 0.1) is 0 Å². The van der Waals surface area contributed by atoms with Gasteiger partial charge in [-0.1, -0.05) is 0 Å². The average Bonchev–Trinajstić information content (AvgIpc) is 2.54. The van der Waals surface area contributed by atoms with Crippen LogP contribution in [0.2, 0.25) is 0 Å². The van der Waals surface area contributed by atoms with Crippen molar-refractivity contribution in [3.8, 4) is 0 Å². The van der Waals surface area contributed by atoms with Crippen molar-refractivity contribution in [1.29, 1.82) is 0 Å². The summed E-state index contributed by atoms with van der Waals surface area (Å²) < 4.78 is 0. The van der Waals surface area contributed by atoms with Gasteiger partial charge in [0.2, 0.25) is 0 Å². The number of aliphatic carboxylic acids is 2. The van der Waals surface area contributed by atoms with E-state index in [0.29, 0.717) is 12.8 Å². The van der Waals surface area contributed by atoms with Gasteiger partial charge in [-0.25, -0.2) is 0 Å². The van der Waals surface area contributed by atoms with Crippen LogP contribution in [0, 0.1) is 0 Å². The normalized spacial score (nSPS) is 10.6. The molecule has 0 aliphatic heterocycles. The molecule has 2 unspecified atom stereocenters.